The highest BCUT2D eigenvalue weighted by molar-refractivity contribution is 6.30. The Morgan fingerprint density at radius 3 is 2.92 bits per heavy atom. The van der Waals surface area contributed by atoms with E-state index in [1.54, 1.807) is 7.11 Å². The van der Waals surface area contributed by atoms with E-state index in [0.29, 0.717) is 49.3 Å². The molecule has 7 heteroatoms. The summed E-state index contributed by atoms with van der Waals surface area (Å²) in [6.07, 6.45) is 1.86. The van der Waals surface area contributed by atoms with Crippen molar-refractivity contribution in [1.29, 1.82) is 0 Å². The highest BCUT2D eigenvalue weighted by Gasteiger charge is 2.30. The summed E-state index contributed by atoms with van der Waals surface area (Å²) in [4.78, 5) is 18.5. The summed E-state index contributed by atoms with van der Waals surface area (Å²) in [7, 11) is 1.64. The molecule has 0 saturated carbocycles. The first-order valence-electron chi connectivity index (χ1n) is 7.99. The molecule has 1 saturated heterocycles. The molecule has 1 aromatic carbocycles. The quantitative estimate of drug-likeness (QED) is 0.802. The number of carbonyl (C=O) groups is 1. The van der Waals surface area contributed by atoms with E-state index in [9.17, 15) is 4.79 Å². The molecular weight excluding hydrogens is 330 g/mol. The molecule has 0 spiro atoms. The van der Waals surface area contributed by atoms with Crippen molar-refractivity contribution >= 4 is 17.5 Å². The number of benzene rings is 1. The second kappa shape index (κ2) is 7.77. The minimum absolute atomic E-state index is 0.0822. The number of amides is 1. The predicted molar refractivity (Wildman–Crippen MR) is 88.7 cm³/mol. The number of halogens is 1. The zero-order valence-electron chi connectivity index (χ0n) is 13.6. The van der Waals surface area contributed by atoms with E-state index in [1.165, 1.54) is 0 Å². The first kappa shape index (κ1) is 16.9. The van der Waals surface area contributed by atoms with Crippen molar-refractivity contribution in [2.24, 2.45) is 0 Å². The molecule has 1 aliphatic heterocycles. The van der Waals surface area contributed by atoms with Gasteiger partial charge in [0.1, 0.15) is 0 Å². The van der Waals surface area contributed by atoms with Crippen molar-refractivity contribution < 1.29 is 14.1 Å². The highest BCUT2D eigenvalue weighted by atomic mass is 35.5. The molecule has 0 radical (unpaired) electrons. The smallest absolute Gasteiger partial charge is 0.231 e. The third kappa shape index (κ3) is 4.13. The molecule has 2 aromatic rings. The fourth-order valence-corrected chi connectivity index (χ4v) is 2.93. The van der Waals surface area contributed by atoms with Crippen LogP contribution in [0.1, 0.15) is 36.0 Å². The molecule has 0 aliphatic carbocycles. The summed E-state index contributed by atoms with van der Waals surface area (Å²) < 4.78 is 10.4. The lowest BCUT2D eigenvalue weighted by Crippen LogP contribution is -2.38. The Bertz CT molecular complexity index is 687. The number of nitrogens with zero attached hydrogens (tertiary/aromatic N) is 3. The summed E-state index contributed by atoms with van der Waals surface area (Å²) in [5, 5.41) is 4.67. The van der Waals surface area contributed by atoms with E-state index in [2.05, 4.69) is 10.1 Å². The molecule has 3 rings (SSSR count). The van der Waals surface area contributed by atoms with Gasteiger partial charge in [-0.3, -0.25) is 4.79 Å². The van der Waals surface area contributed by atoms with Gasteiger partial charge in [-0.1, -0.05) is 28.9 Å². The van der Waals surface area contributed by atoms with E-state index < -0.39 is 0 Å². The number of rotatable bonds is 6. The maximum absolute atomic E-state index is 12.2. The van der Waals surface area contributed by atoms with E-state index in [1.807, 2.05) is 29.2 Å². The molecule has 1 fully saturated rings. The van der Waals surface area contributed by atoms with Gasteiger partial charge < -0.3 is 14.2 Å². The topological polar surface area (TPSA) is 68.5 Å². The lowest BCUT2D eigenvalue weighted by Gasteiger charge is -2.31. The third-order valence-corrected chi connectivity index (χ3v) is 4.40. The molecule has 6 nitrogen and oxygen atoms in total. The van der Waals surface area contributed by atoms with Crippen LogP contribution >= 0.6 is 11.6 Å². The highest BCUT2D eigenvalue weighted by Crippen LogP contribution is 2.27. The molecule has 0 N–H and O–H groups in total. The maximum Gasteiger partial charge on any atom is 0.231 e. The summed E-state index contributed by atoms with van der Waals surface area (Å²) >= 11 is 5.91. The predicted octanol–water partition coefficient (Wildman–Crippen LogP) is 2.82. The number of carbonyl (C=O) groups excluding carboxylic acids is 1. The lowest BCUT2D eigenvalue weighted by atomic mass is 9.97. The van der Waals surface area contributed by atoms with Gasteiger partial charge in [0.2, 0.25) is 11.8 Å². The van der Waals surface area contributed by atoms with Crippen LogP contribution in [-0.4, -0.2) is 41.2 Å². The molecule has 1 amide bonds. The average Bonchev–Trinajstić information content (AvgIpc) is 3.06. The molecule has 1 atom stereocenters. The Balaban J connectivity index is 1.65. The second-order valence-corrected chi connectivity index (χ2v) is 6.36. The van der Waals surface area contributed by atoms with Crippen LogP contribution in [0.3, 0.4) is 0 Å². The summed E-state index contributed by atoms with van der Waals surface area (Å²) in [5.41, 5.74) is 1.06. The minimum atomic E-state index is 0.0822. The van der Waals surface area contributed by atoms with Crippen molar-refractivity contribution in [2.45, 2.75) is 31.7 Å². The van der Waals surface area contributed by atoms with E-state index >= 15 is 0 Å². The SMILES string of the molecule is COCCc1noc([C@H]2CCC(=O)N(Cc3ccc(Cl)cc3)C2)n1. The second-order valence-electron chi connectivity index (χ2n) is 5.93. The van der Waals surface area contributed by atoms with Crippen molar-refractivity contribution in [3.63, 3.8) is 0 Å². The number of hydrogen-bond donors (Lipinski definition) is 0. The van der Waals surface area contributed by atoms with Gasteiger partial charge in [0.05, 0.1) is 12.5 Å². The summed E-state index contributed by atoms with van der Waals surface area (Å²) in [6, 6.07) is 7.55. The van der Waals surface area contributed by atoms with E-state index in [-0.39, 0.29) is 11.8 Å². The Morgan fingerprint density at radius 2 is 2.17 bits per heavy atom. The van der Waals surface area contributed by atoms with E-state index in [0.717, 1.165) is 12.0 Å². The number of piperidine rings is 1. The van der Waals surface area contributed by atoms with Crippen LogP contribution in [0.25, 0.3) is 0 Å². The molecule has 128 valence electrons. The van der Waals surface area contributed by atoms with Gasteiger partial charge in [-0.05, 0) is 24.1 Å². The molecule has 0 bridgehead atoms. The fourth-order valence-electron chi connectivity index (χ4n) is 2.81. The molecule has 2 heterocycles. The van der Waals surface area contributed by atoms with Gasteiger partial charge in [0.15, 0.2) is 5.82 Å². The number of methoxy groups -OCH3 is 1. The van der Waals surface area contributed by atoms with Gasteiger partial charge in [0.25, 0.3) is 0 Å². The number of aromatic nitrogens is 2. The van der Waals surface area contributed by atoms with Crippen LogP contribution < -0.4 is 0 Å². The van der Waals surface area contributed by atoms with Gasteiger partial charge in [0, 0.05) is 38.1 Å². The van der Waals surface area contributed by atoms with Crippen molar-refractivity contribution in [3.05, 3.63) is 46.6 Å². The number of likely N-dealkylation sites (tertiary alicyclic amines) is 1. The Kier molecular flexibility index (Phi) is 5.48. The van der Waals surface area contributed by atoms with Crippen molar-refractivity contribution in [1.82, 2.24) is 15.0 Å². The lowest BCUT2D eigenvalue weighted by molar-refractivity contribution is -0.134. The summed E-state index contributed by atoms with van der Waals surface area (Å²) in [6.45, 7) is 1.72. The van der Waals surface area contributed by atoms with Gasteiger partial charge in [-0.2, -0.15) is 4.98 Å². The van der Waals surface area contributed by atoms with Gasteiger partial charge in [-0.15, -0.1) is 0 Å². The van der Waals surface area contributed by atoms with Crippen LogP contribution in [0.4, 0.5) is 0 Å². The van der Waals surface area contributed by atoms with Crippen LogP contribution in [0, 0.1) is 0 Å². The van der Waals surface area contributed by atoms with Crippen LogP contribution in [-0.2, 0) is 22.5 Å². The molecule has 0 unspecified atom stereocenters. The average molecular weight is 350 g/mol. The zero-order valence-corrected chi connectivity index (χ0v) is 14.3. The molecular formula is C17H20ClN3O3. The normalized spacial score (nSPS) is 18.2. The van der Waals surface area contributed by atoms with Crippen molar-refractivity contribution in [2.75, 3.05) is 20.3 Å². The van der Waals surface area contributed by atoms with Crippen LogP contribution in [0.15, 0.2) is 28.8 Å². The zero-order chi connectivity index (χ0) is 16.9. The molecule has 1 aliphatic rings. The Hall–Kier alpha value is -1.92. The molecule has 24 heavy (non-hydrogen) atoms. The van der Waals surface area contributed by atoms with Gasteiger partial charge in [-0.25, -0.2) is 0 Å². The fraction of sp³-hybridized carbons (Fsp3) is 0.471. The standard InChI is InChI=1S/C17H20ClN3O3/c1-23-9-8-15-19-17(24-20-15)13-4-7-16(22)21(11-13)10-12-2-5-14(18)6-3-12/h2-3,5-6,13H,4,7-11H2,1H3/t13-/m0/s1. The molecule has 1 aromatic heterocycles. The Labute approximate surface area is 145 Å². The number of hydrogen-bond acceptors (Lipinski definition) is 5. The number of ether oxygens (including phenoxy) is 1. The van der Waals surface area contributed by atoms with E-state index in [4.69, 9.17) is 20.9 Å². The third-order valence-electron chi connectivity index (χ3n) is 4.15. The maximum atomic E-state index is 12.2. The van der Waals surface area contributed by atoms with Gasteiger partial charge >= 0.3 is 0 Å². The monoisotopic (exact) mass is 349 g/mol. The first-order chi connectivity index (χ1) is 11.7. The summed E-state index contributed by atoms with van der Waals surface area (Å²) in [5.74, 6) is 1.49. The minimum Gasteiger partial charge on any atom is -0.384 e. The van der Waals surface area contributed by atoms with Crippen molar-refractivity contribution in [3.8, 4) is 0 Å². The largest absolute Gasteiger partial charge is 0.384 e. The van der Waals surface area contributed by atoms with Crippen LogP contribution in [0.2, 0.25) is 5.02 Å². The van der Waals surface area contributed by atoms with Crippen LogP contribution in [0.5, 0.6) is 0 Å². The first-order valence-corrected chi connectivity index (χ1v) is 8.37. The Morgan fingerprint density at radius 1 is 1.38 bits per heavy atom.